The fraction of sp³-hybridized carbons (Fsp3) is 0.296. The molecule has 0 spiro atoms. The predicted octanol–water partition coefficient (Wildman–Crippen LogP) is 6.71. The van der Waals surface area contributed by atoms with Gasteiger partial charge in [-0.1, -0.05) is 38.1 Å². The zero-order valence-corrected chi connectivity index (χ0v) is 18.2. The van der Waals surface area contributed by atoms with E-state index >= 15 is 0 Å². The van der Waals surface area contributed by atoms with Crippen molar-refractivity contribution in [1.82, 2.24) is 0 Å². The summed E-state index contributed by atoms with van der Waals surface area (Å²) in [4.78, 5) is 0. The van der Waals surface area contributed by atoms with E-state index < -0.39 is 0 Å². The third kappa shape index (κ3) is 2.58. The first-order valence-corrected chi connectivity index (χ1v) is 10.5. The first-order valence-electron chi connectivity index (χ1n) is 10.5. The molecule has 2 heteroatoms. The molecule has 0 fully saturated rings. The van der Waals surface area contributed by atoms with Gasteiger partial charge in [-0.3, -0.25) is 0 Å². The molecular formula is C27H28NO+. The van der Waals surface area contributed by atoms with Crippen LogP contribution in [0.1, 0.15) is 36.1 Å². The highest BCUT2D eigenvalue weighted by Crippen LogP contribution is 2.49. The van der Waals surface area contributed by atoms with E-state index in [9.17, 15) is 0 Å². The summed E-state index contributed by atoms with van der Waals surface area (Å²) in [5.74, 6) is 2.61. The fourth-order valence-electron chi connectivity index (χ4n) is 4.94. The molecule has 5 rings (SSSR count). The lowest BCUT2D eigenvalue weighted by Crippen LogP contribution is -2.34. The summed E-state index contributed by atoms with van der Waals surface area (Å²) in [6, 6.07) is 15.6. The minimum atomic E-state index is 0.616. The normalized spacial score (nSPS) is 12.5. The van der Waals surface area contributed by atoms with Gasteiger partial charge in [0.2, 0.25) is 11.3 Å². The molecule has 3 aromatic carbocycles. The van der Waals surface area contributed by atoms with Crippen molar-refractivity contribution in [3.05, 3.63) is 64.7 Å². The third-order valence-electron chi connectivity index (χ3n) is 6.43. The Bertz CT molecular complexity index is 1310. The SMILES string of the molecule is Cc1cc2cc(CC(C)C)cc3c2c(c1C)-c1c(c(C)c2ccccc2[n+]1C)O3. The Hall–Kier alpha value is -2.87. The van der Waals surface area contributed by atoms with Crippen molar-refractivity contribution in [2.24, 2.45) is 13.0 Å². The van der Waals surface area contributed by atoms with Gasteiger partial charge in [0.15, 0.2) is 0 Å². The van der Waals surface area contributed by atoms with E-state index in [1.165, 1.54) is 55.2 Å². The minimum absolute atomic E-state index is 0.616. The molecule has 1 aromatic heterocycles. The number of fused-ring (bicyclic) bond motifs is 3. The van der Waals surface area contributed by atoms with Gasteiger partial charge in [-0.05, 0) is 67.3 Å². The van der Waals surface area contributed by atoms with Gasteiger partial charge in [0.25, 0.3) is 5.69 Å². The van der Waals surface area contributed by atoms with Crippen molar-refractivity contribution in [2.45, 2.75) is 41.0 Å². The average Bonchev–Trinajstić information content (AvgIpc) is 2.68. The number of para-hydroxylation sites is 1. The molecule has 0 aliphatic carbocycles. The molecule has 2 heterocycles. The van der Waals surface area contributed by atoms with Gasteiger partial charge >= 0.3 is 0 Å². The predicted molar refractivity (Wildman–Crippen MR) is 121 cm³/mol. The summed E-state index contributed by atoms with van der Waals surface area (Å²) in [5, 5.41) is 3.78. The van der Waals surface area contributed by atoms with Crippen molar-refractivity contribution in [1.29, 1.82) is 0 Å². The lowest BCUT2D eigenvalue weighted by atomic mass is 9.87. The van der Waals surface area contributed by atoms with Gasteiger partial charge in [0, 0.05) is 17.0 Å². The lowest BCUT2D eigenvalue weighted by Gasteiger charge is -2.24. The molecule has 4 aromatic rings. The second-order valence-corrected chi connectivity index (χ2v) is 8.96. The lowest BCUT2D eigenvalue weighted by molar-refractivity contribution is -0.633. The van der Waals surface area contributed by atoms with Crippen LogP contribution in [0.3, 0.4) is 0 Å². The molecule has 0 saturated heterocycles. The van der Waals surface area contributed by atoms with Crippen LogP contribution in [0.15, 0.2) is 42.5 Å². The summed E-state index contributed by atoms with van der Waals surface area (Å²) >= 11 is 0. The smallest absolute Gasteiger partial charge is 0.257 e. The van der Waals surface area contributed by atoms with Crippen LogP contribution in [0.4, 0.5) is 0 Å². The molecular weight excluding hydrogens is 354 g/mol. The van der Waals surface area contributed by atoms with Gasteiger partial charge in [0.05, 0.1) is 10.9 Å². The maximum atomic E-state index is 6.67. The number of benzene rings is 3. The quantitative estimate of drug-likeness (QED) is 0.309. The Labute approximate surface area is 172 Å². The van der Waals surface area contributed by atoms with Crippen LogP contribution in [0.5, 0.6) is 11.5 Å². The highest BCUT2D eigenvalue weighted by Gasteiger charge is 2.33. The zero-order valence-electron chi connectivity index (χ0n) is 18.2. The number of aromatic nitrogens is 1. The van der Waals surface area contributed by atoms with Gasteiger partial charge in [-0.2, -0.15) is 4.57 Å². The fourth-order valence-corrected chi connectivity index (χ4v) is 4.94. The Balaban J connectivity index is 1.95. The molecule has 1 aliphatic heterocycles. The molecule has 0 saturated carbocycles. The second-order valence-electron chi connectivity index (χ2n) is 8.96. The Morgan fingerprint density at radius 2 is 1.72 bits per heavy atom. The van der Waals surface area contributed by atoms with E-state index in [0.29, 0.717) is 5.92 Å². The molecule has 1 aliphatic rings. The van der Waals surface area contributed by atoms with Gasteiger partial charge in [-0.15, -0.1) is 0 Å². The number of hydrogen-bond acceptors (Lipinski definition) is 1. The number of pyridine rings is 1. The monoisotopic (exact) mass is 382 g/mol. The molecule has 29 heavy (non-hydrogen) atoms. The maximum Gasteiger partial charge on any atom is 0.257 e. The van der Waals surface area contributed by atoms with Crippen LogP contribution in [-0.4, -0.2) is 0 Å². The molecule has 0 radical (unpaired) electrons. The molecule has 2 nitrogen and oxygen atoms in total. The summed E-state index contributed by atoms with van der Waals surface area (Å²) in [6.07, 6.45) is 1.06. The van der Waals surface area contributed by atoms with Gasteiger partial charge in [-0.25, -0.2) is 0 Å². The Morgan fingerprint density at radius 1 is 0.966 bits per heavy atom. The van der Waals surface area contributed by atoms with Gasteiger partial charge < -0.3 is 4.74 Å². The van der Waals surface area contributed by atoms with Gasteiger partial charge in [0.1, 0.15) is 12.8 Å². The summed E-state index contributed by atoms with van der Waals surface area (Å²) in [6.45, 7) is 11.2. The van der Waals surface area contributed by atoms with Crippen LogP contribution in [0, 0.1) is 26.7 Å². The number of nitrogens with zero attached hydrogens (tertiary/aromatic N) is 1. The summed E-state index contributed by atoms with van der Waals surface area (Å²) in [7, 11) is 2.16. The molecule has 0 unspecified atom stereocenters. The number of rotatable bonds is 2. The minimum Gasteiger partial charge on any atom is -0.449 e. The first-order chi connectivity index (χ1) is 13.9. The van der Waals surface area contributed by atoms with Crippen LogP contribution in [-0.2, 0) is 13.5 Å². The van der Waals surface area contributed by atoms with Crippen molar-refractivity contribution >= 4 is 21.7 Å². The largest absolute Gasteiger partial charge is 0.449 e. The summed E-state index contributed by atoms with van der Waals surface area (Å²) in [5.41, 5.74) is 8.98. The summed E-state index contributed by atoms with van der Waals surface area (Å²) < 4.78 is 8.97. The van der Waals surface area contributed by atoms with Crippen LogP contribution in [0.25, 0.3) is 32.9 Å². The van der Waals surface area contributed by atoms with Crippen LogP contribution >= 0.6 is 0 Å². The highest BCUT2D eigenvalue weighted by atomic mass is 16.5. The van der Waals surface area contributed by atoms with Crippen LogP contribution < -0.4 is 9.30 Å². The highest BCUT2D eigenvalue weighted by molar-refractivity contribution is 6.06. The molecule has 146 valence electrons. The van der Waals surface area contributed by atoms with Crippen molar-refractivity contribution in [3.8, 4) is 22.8 Å². The van der Waals surface area contributed by atoms with Crippen molar-refractivity contribution in [2.75, 3.05) is 0 Å². The van der Waals surface area contributed by atoms with Crippen LogP contribution in [0.2, 0.25) is 0 Å². The number of ether oxygens (including phenoxy) is 1. The Kier molecular flexibility index (Phi) is 3.96. The Morgan fingerprint density at radius 3 is 2.48 bits per heavy atom. The number of hydrogen-bond donors (Lipinski definition) is 0. The number of aryl methyl sites for hydroxylation is 3. The molecule has 0 N–H and O–H groups in total. The first kappa shape index (κ1) is 18.2. The zero-order chi connectivity index (χ0) is 20.4. The average molecular weight is 383 g/mol. The third-order valence-corrected chi connectivity index (χ3v) is 6.43. The van der Waals surface area contributed by atoms with E-state index in [2.05, 4.69) is 88.7 Å². The second kappa shape index (κ2) is 6.32. The molecule has 0 bridgehead atoms. The topological polar surface area (TPSA) is 13.1 Å². The van der Waals surface area contributed by atoms with Crippen molar-refractivity contribution in [3.63, 3.8) is 0 Å². The standard InChI is InChI=1S/C27H28NO/c1-15(2)11-19-13-20-12-16(3)17(4)24-25(20)23(14-19)29-27-18(5)21-9-7-8-10-22(21)28(6)26(24)27/h7-10,12-15H,11H2,1-6H3/q+1. The van der Waals surface area contributed by atoms with E-state index in [0.717, 1.165) is 17.9 Å². The van der Waals surface area contributed by atoms with Crippen molar-refractivity contribution < 1.29 is 9.30 Å². The molecule has 0 amide bonds. The molecule has 0 atom stereocenters. The van der Waals surface area contributed by atoms with E-state index in [-0.39, 0.29) is 0 Å². The maximum absolute atomic E-state index is 6.67. The van der Waals surface area contributed by atoms with E-state index in [1.54, 1.807) is 0 Å². The van der Waals surface area contributed by atoms with E-state index in [1.807, 2.05) is 0 Å². The van der Waals surface area contributed by atoms with E-state index in [4.69, 9.17) is 4.74 Å².